The minimum Gasteiger partial charge on any atom is -0.530 e. The molecule has 0 unspecified atom stereocenters. The van der Waals surface area contributed by atoms with E-state index in [-0.39, 0.29) is 80.9 Å². The number of carbonyl (C=O) groups is 2. The first kappa shape index (κ1) is 22.5. The van der Waals surface area contributed by atoms with E-state index in [9.17, 15) is 0 Å². The molecule has 48 valence electrons. The van der Waals surface area contributed by atoms with Crippen molar-refractivity contribution in [2.45, 2.75) is 0 Å². The molecule has 0 aromatic carbocycles. The van der Waals surface area contributed by atoms with Crippen LogP contribution in [0.3, 0.4) is 0 Å². The van der Waals surface area contributed by atoms with E-state index in [1.54, 1.807) is 0 Å². The Hall–Kier alpha value is 1.18. The summed E-state index contributed by atoms with van der Waals surface area (Å²) in [6, 6.07) is 0. The Morgan fingerprint density at radius 1 is 1.00 bits per heavy atom. The number of amides is 2. The van der Waals surface area contributed by atoms with Crippen molar-refractivity contribution in [1.29, 1.82) is 0 Å². The molecule has 0 atom stereocenters. The van der Waals surface area contributed by atoms with Crippen molar-refractivity contribution in [3.63, 3.8) is 0 Å². The van der Waals surface area contributed by atoms with Crippen LogP contribution in [0.4, 0.5) is 9.59 Å². The first-order valence-electron chi connectivity index (χ1n) is 1.39. The van der Waals surface area contributed by atoms with Gasteiger partial charge in [0.2, 0.25) is 0 Å². The fourth-order valence-electron chi connectivity index (χ4n) is 0. The van der Waals surface area contributed by atoms with Crippen molar-refractivity contribution < 1.29 is 101 Å². The molecule has 0 aliphatic carbocycles. The SMILES string of the molecule is NC(=O)[O-].NC(=O)[O-].[K+].[Na+]. The monoisotopic (exact) mass is 182 g/mol. The smallest absolute Gasteiger partial charge is 0.530 e. The summed E-state index contributed by atoms with van der Waals surface area (Å²) in [5.41, 5.74) is 7.83. The van der Waals surface area contributed by atoms with E-state index < -0.39 is 12.2 Å². The number of hydrogen-bond donors (Lipinski definition) is 2. The number of nitrogens with two attached hydrogens (primary N) is 2. The summed E-state index contributed by atoms with van der Waals surface area (Å²) in [7, 11) is 0. The molecule has 0 saturated carbocycles. The van der Waals surface area contributed by atoms with Gasteiger partial charge in [-0.2, -0.15) is 0 Å². The van der Waals surface area contributed by atoms with Gasteiger partial charge in [0.05, 0.1) is 0 Å². The van der Waals surface area contributed by atoms with Crippen LogP contribution < -0.4 is 103 Å². The van der Waals surface area contributed by atoms with Crippen molar-refractivity contribution in [3.05, 3.63) is 0 Å². The Labute approximate surface area is 122 Å². The predicted octanol–water partition coefficient (Wildman–Crippen LogP) is -9.42. The maximum Gasteiger partial charge on any atom is 1.00 e. The van der Waals surface area contributed by atoms with E-state index in [0.717, 1.165) is 0 Å². The van der Waals surface area contributed by atoms with Crippen LogP contribution >= 0.6 is 0 Å². The molecule has 0 radical (unpaired) electrons. The van der Waals surface area contributed by atoms with E-state index in [1.165, 1.54) is 0 Å². The van der Waals surface area contributed by atoms with Gasteiger partial charge in [0, 0.05) is 0 Å². The Balaban J connectivity index is -0.0000000300. The molecule has 0 aliphatic rings. The summed E-state index contributed by atoms with van der Waals surface area (Å²) in [4.78, 5) is 17.3. The van der Waals surface area contributed by atoms with Gasteiger partial charge < -0.3 is 31.3 Å². The third kappa shape index (κ3) is 443. The molecule has 0 fully saturated rings. The van der Waals surface area contributed by atoms with Gasteiger partial charge in [0.1, 0.15) is 12.2 Å². The first-order chi connectivity index (χ1) is 3.46. The van der Waals surface area contributed by atoms with Crippen LogP contribution in [0.15, 0.2) is 0 Å². The Bertz CT molecular complexity index is 79.3. The van der Waals surface area contributed by atoms with Gasteiger partial charge in [0.15, 0.2) is 0 Å². The number of rotatable bonds is 0. The van der Waals surface area contributed by atoms with Crippen molar-refractivity contribution in [3.8, 4) is 0 Å². The van der Waals surface area contributed by atoms with E-state index in [2.05, 4.69) is 11.5 Å². The second-order valence-electron chi connectivity index (χ2n) is 0.638. The van der Waals surface area contributed by atoms with Gasteiger partial charge in [-0.1, -0.05) is 0 Å². The molecule has 0 bridgehead atoms. The standard InChI is InChI=1S/2CH3NO2.K.Na/c2*2-1(3)4;;/h2*2H2,(H,3,4);;/q;;2*+1/p-2. The average Bonchev–Trinajstić information content (AvgIpc) is 1.25. The number of hydrogen-bond acceptors (Lipinski definition) is 4. The molecule has 0 spiro atoms. The minimum absolute atomic E-state index is 0. The summed E-state index contributed by atoms with van der Waals surface area (Å²) in [6.45, 7) is 0. The summed E-state index contributed by atoms with van der Waals surface area (Å²) in [5.74, 6) is 0. The molecule has 6 nitrogen and oxygen atoms in total. The van der Waals surface area contributed by atoms with Crippen LogP contribution in [0, 0.1) is 0 Å². The quantitative estimate of drug-likeness (QED) is 0.360. The maximum absolute atomic E-state index is 8.67. The van der Waals surface area contributed by atoms with Crippen molar-refractivity contribution >= 4 is 12.2 Å². The molecular formula is C2H4KN2NaO4. The van der Waals surface area contributed by atoms with Gasteiger partial charge in [-0.3, -0.25) is 0 Å². The maximum atomic E-state index is 8.67. The van der Waals surface area contributed by atoms with E-state index in [1.807, 2.05) is 0 Å². The second kappa shape index (κ2) is 16.6. The van der Waals surface area contributed by atoms with Crippen LogP contribution in [0.25, 0.3) is 0 Å². The first-order valence-corrected chi connectivity index (χ1v) is 1.39. The van der Waals surface area contributed by atoms with Crippen LogP contribution in [0.5, 0.6) is 0 Å². The Morgan fingerprint density at radius 2 is 1.00 bits per heavy atom. The van der Waals surface area contributed by atoms with Gasteiger partial charge in [-0.05, 0) is 0 Å². The molecule has 2 amide bonds. The summed E-state index contributed by atoms with van der Waals surface area (Å²) >= 11 is 0. The largest absolute Gasteiger partial charge is 1.00 e. The summed E-state index contributed by atoms with van der Waals surface area (Å²) in [5, 5.41) is 17.3. The van der Waals surface area contributed by atoms with E-state index >= 15 is 0 Å². The van der Waals surface area contributed by atoms with Crippen LogP contribution in [0.1, 0.15) is 0 Å². The second-order valence-corrected chi connectivity index (χ2v) is 0.638. The number of carbonyl (C=O) groups excluding carboxylic acids is 2. The van der Waals surface area contributed by atoms with Crippen molar-refractivity contribution in [2.24, 2.45) is 11.5 Å². The van der Waals surface area contributed by atoms with Gasteiger partial charge in [0.25, 0.3) is 0 Å². The zero-order valence-corrected chi connectivity index (χ0v) is 10.9. The molecule has 0 aromatic rings. The van der Waals surface area contributed by atoms with Crippen molar-refractivity contribution in [2.75, 3.05) is 0 Å². The van der Waals surface area contributed by atoms with Crippen LogP contribution in [0.2, 0.25) is 0 Å². The normalized spacial score (nSPS) is 4.80. The summed E-state index contributed by atoms with van der Waals surface area (Å²) in [6.07, 6.45) is -3.17. The predicted molar refractivity (Wildman–Crippen MR) is 19.2 cm³/mol. The molecule has 0 saturated heterocycles. The zero-order valence-electron chi connectivity index (χ0n) is 5.79. The minimum atomic E-state index is -1.58. The molecule has 8 heteroatoms. The fraction of sp³-hybridized carbons (Fsp3) is 0. The average molecular weight is 182 g/mol. The topological polar surface area (TPSA) is 132 Å². The van der Waals surface area contributed by atoms with Crippen LogP contribution in [-0.2, 0) is 0 Å². The summed E-state index contributed by atoms with van der Waals surface area (Å²) < 4.78 is 0. The Kier molecular flexibility index (Phi) is 37.4. The fourth-order valence-corrected chi connectivity index (χ4v) is 0. The zero-order chi connectivity index (χ0) is 7.15. The molecule has 0 aliphatic heterocycles. The third-order valence-electron chi connectivity index (χ3n) is 0. The van der Waals surface area contributed by atoms with E-state index in [0.29, 0.717) is 0 Å². The van der Waals surface area contributed by atoms with Crippen molar-refractivity contribution in [1.82, 2.24) is 0 Å². The molecule has 0 aromatic heterocycles. The molecule has 0 rings (SSSR count). The Morgan fingerprint density at radius 3 is 1.00 bits per heavy atom. The number of carboxylic acid groups (broad SMARTS) is 2. The van der Waals surface area contributed by atoms with Gasteiger partial charge in [-0.15, -0.1) is 0 Å². The molecule has 0 heterocycles. The van der Waals surface area contributed by atoms with Crippen LogP contribution in [-0.4, -0.2) is 12.2 Å². The number of primary amides is 2. The third-order valence-corrected chi connectivity index (χ3v) is 0. The van der Waals surface area contributed by atoms with Gasteiger partial charge in [-0.25, -0.2) is 0 Å². The molecule has 10 heavy (non-hydrogen) atoms. The van der Waals surface area contributed by atoms with Gasteiger partial charge >= 0.3 is 80.9 Å². The molecular weight excluding hydrogens is 178 g/mol. The molecule has 4 N–H and O–H groups in total. The van der Waals surface area contributed by atoms with E-state index in [4.69, 9.17) is 19.8 Å².